The number of aliphatic hydroxyl groups excluding tert-OH is 1. The molecule has 0 aromatic carbocycles. The van der Waals surface area contributed by atoms with Gasteiger partial charge in [-0.15, -0.1) is 0 Å². The van der Waals surface area contributed by atoms with Gasteiger partial charge in [-0.25, -0.2) is 0 Å². The van der Waals surface area contributed by atoms with Crippen molar-refractivity contribution < 1.29 is 5.11 Å². The Morgan fingerprint density at radius 1 is 1.29 bits per heavy atom. The van der Waals surface area contributed by atoms with E-state index in [-0.39, 0.29) is 6.10 Å². The van der Waals surface area contributed by atoms with Gasteiger partial charge in [0.25, 0.3) is 0 Å². The molecule has 0 amide bonds. The Morgan fingerprint density at radius 2 is 2.00 bits per heavy atom. The second-order valence-electron chi connectivity index (χ2n) is 4.68. The number of hydrogen-bond donors (Lipinski definition) is 2. The SMILES string of the molecule is CC(O)CCNCCCC1CCCC1. The highest BCUT2D eigenvalue weighted by Gasteiger charge is 2.13. The van der Waals surface area contributed by atoms with E-state index in [4.69, 9.17) is 5.11 Å². The number of aliphatic hydroxyl groups is 1. The van der Waals surface area contributed by atoms with Crippen molar-refractivity contribution in [3.63, 3.8) is 0 Å². The van der Waals surface area contributed by atoms with Crippen LogP contribution in [0, 0.1) is 5.92 Å². The van der Waals surface area contributed by atoms with Gasteiger partial charge in [0.15, 0.2) is 0 Å². The average molecular weight is 199 g/mol. The fraction of sp³-hybridized carbons (Fsp3) is 1.00. The molecule has 2 N–H and O–H groups in total. The van der Waals surface area contributed by atoms with Crippen molar-refractivity contribution in [1.82, 2.24) is 5.32 Å². The molecular formula is C12H25NO. The lowest BCUT2D eigenvalue weighted by molar-refractivity contribution is 0.183. The molecule has 0 aliphatic heterocycles. The molecule has 1 aliphatic rings. The van der Waals surface area contributed by atoms with Crippen molar-refractivity contribution in [1.29, 1.82) is 0 Å². The number of nitrogens with one attached hydrogen (secondary N) is 1. The van der Waals surface area contributed by atoms with E-state index in [9.17, 15) is 0 Å². The first-order valence-electron chi connectivity index (χ1n) is 6.18. The highest BCUT2D eigenvalue weighted by molar-refractivity contribution is 4.67. The smallest absolute Gasteiger partial charge is 0.0524 e. The molecule has 0 radical (unpaired) electrons. The third-order valence-electron chi connectivity index (χ3n) is 3.18. The monoisotopic (exact) mass is 199 g/mol. The van der Waals surface area contributed by atoms with Crippen LogP contribution in [-0.4, -0.2) is 24.3 Å². The van der Waals surface area contributed by atoms with Crippen LogP contribution in [0.15, 0.2) is 0 Å². The Kier molecular flexibility index (Phi) is 6.20. The molecule has 2 heteroatoms. The van der Waals surface area contributed by atoms with E-state index in [2.05, 4.69) is 5.32 Å². The average Bonchev–Trinajstić information content (AvgIpc) is 2.63. The van der Waals surface area contributed by atoms with Crippen molar-refractivity contribution in [3.8, 4) is 0 Å². The van der Waals surface area contributed by atoms with E-state index in [0.717, 1.165) is 25.4 Å². The van der Waals surface area contributed by atoms with Crippen molar-refractivity contribution in [3.05, 3.63) is 0 Å². The van der Waals surface area contributed by atoms with Crippen LogP contribution in [0.2, 0.25) is 0 Å². The molecule has 1 fully saturated rings. The summed E-state index contributed by atoms with van der Waals surface area (Å²) in [6.45, 7) is 3.94. The Balaban J connectivity index is 1.79. The number of hydrogen-bond acceptors (Lipinski definition) is 2. The van der Waals surface area contributed by atoms with E-state index < -0.39 is 0 Å². The molecule has 1 aliphatic carbocycles. The Labute approximate surface area is 88.1 Å². The maximum atomic E-state index is 9.04. The van der Waals surface area contributed by atoms with Crippen LogP contribution in [0.3, 0.4) is 0 Å². The van der Waals surface area contributed by atoms with Crippen molar-refractivity contribution in [2.24, 2.45) is 5.92 Å². The molecule has 2 nitrogen and oxygen atoms in total. The summed E-state index contributed by atoms with van der Waals surface area (Å²) in [6.07, 6.45) is 9.29. The maximum Gasteiger partial charge on any atom is 0.0524 e. The highest BCUT2D eigenvalue weighted by Crippen LogP contribution is 2.28. The minimum atomic E-state index is -0.155. The molecule has 14 heavy (non-hydrogen) atoms. The van der Waals surface area contributed by atoms with Gasteiger partial charge >= 0.3 is 0 Å². The molecule has 0 heterocycles. The lowest BCUT2D eigenvalue weighted by Crippen LogP contribution is -2.20. The third kappa shape index (κ3) is 5.61. The van der Waals surface area contributed by atoms with Crippen LogP contribution in [0.5, 0.6) is 0 Å². The van der Waals surface area contributed by atoms with E-state index in [1.165, 1.54) is 38.5 Å². The van der Waals surface area contributed by atoms with E-state index in [1.807, 2.05) is 6.92 Å². The van der Waals surface area contributed by atoms with Gasteiger partial charge in [0.05, 0.1) is 6.10 Å². The fourth-order valence-corrected chi connectivity index (χ4v) is 2.25. The Bertz CT molecular complexity index is 130. The molecule has 1 rings (SSSR count). The topological polar surface area (TPSA) is 32.3 Å². The van der Waals surface area contributed by atoms with Crippen LogP contribution >= 0.6 is 0 Å². The fourth-order valence-electron chi connectivity index (χ4n) is 2.25. The summed E-state index contributed by atoms with van der Waals surface area (Å²) < 4.78 is 0. The molecule has 0 bridgehead atoms. The first-order valence-corrected chi connectivity index (χ1v) is 6.18. The second kappa shape index (κ2) is 7.24. The van der Waals surface area contributed by atoms with Gasteiger partial charge < -0.3 is 10.4 Å². The zero-order valence-corrected chi connectivity index (χ0v) is 9.47. The first kappa shape index (κ1) is 12.0. The summed E-state index contributed by atoms with van der Waals surface area (Å²) in [7, 11) is 0. The molecule has 0 spiro atoms. The zero-order valence-electron chi connectivity index (χ0n) is 9.47. The van der Waals surface area contributed by atoms with Gasteiger partial charge in [0.2, 0.25) is 0 Å². The molecule has 0 aromatic rings. The van der Waals surface area contributed by atoms with Crippen LogP contribution in [0.25, 0.3) is 0 Å². The second-order valence-corrected chi connectivity index (χ2v) is 4.68. The molecule has 0 aromatic heterocycles. The van der Waals surface area contributed by atoms with E-state index in [0.29, 0.717) is 0 Å². The van der Waals surface area contributed by atoms with E-state index in [1.54, 1.807) is 0 Å². The largest absolute Gasteiger partial charge is 0.393 e. The van der Waals surface area contributed by atoms with Gasteiger partial charge in [0.1, 0.15) is 0 Å². The van der Waals surface area contributed by atoms with Crippen molar-refractivity contribution in [2.75, 3.05) is 13.1 Å². The van der Waals surface area contributed by atoms with Gasteiger partial charge in [-0.3, -0.25) is 0 Å². The maximum absolute atomic E-state index is 9.04. The van der Waals surface area contributed by atoms with Gasteiger partial charge in [0, 0.05) is 0 Å². The predicted octanol–water partition coefficient (Wildman–Crippen LogP) is 2.32. The third-order valence-corrected chi connectivity index (χ3v) is 3.18. The lowest BCUT2D eigenvalue weighted by atomic mass is 10.0. The summed E-state index contributed by atoms with van der Waals surface area (Å²) >= 11 is 0. The summed E-state index contributed by atoms with van der Waals surface area (Å²) in [5, 5.41) is 12.4. The van der Waals surface area contributed by atoms with Crippen LogP contribution < -0.4 is 5.32 Å². The molecule has 1 unspecified atom stereocenters. The number of rotatable bonds is 7. The van der Waals surface area contributed by atoms with Crippen molar-refractivity contribution in [2.45, 2.75) is 58.0 Å². The minimum Gasteiger partial charge on any atom is -0.393 e. The first-order chi connectivity index (χ1) is 6.79. The normalized spacial score (nSPS) is 20.1. The van der Waals surface area contributed by atoms with Crippen molar-refractivity contribution >= 4 is 0 Å². The summed E-state index contributed by atoms with van der Waals surface area (Å²) in [5.74, 6) is 1.02. The Morgan fingerprint density at radius 3 is 2.64 bits per heavy atom. The molecule has 84 valence electrons. The van der Waals surface area contributed by atoms with Gasteiger partial charge in [-0.1, -0.05) is 25.7 Å². The predicted molar refractivity (Wildman–Crippen MR) is 60.4 cm³/mol. The van der Waals surface area contributed by atoms with Crippen LogP contribution in [-0.2, 0) is 0 Å². The highest BCUT2D eigenvalue weighted by atomic mass is 16.3. The Hall–Kier alpha value is -0.0800. The summed E-state index contributed by atoms with van der Waals surface area (Å²) in [6, 6.07) is 0. The van der Waals surface area contributed by atoms with Gasteiger partial charge in [-0.2, -0.15) is 0 Å². The van der Waals surface area contributed by atoms with Gasteiger partial charge in [-0.05, 0) is 45.2 Å². The minimum absolute atomic E-state index is 0.155. The summed E-state index contributed by atoms with van der Waals surface area (Å²) in [4.78, 5) is 0. The molecular weight excluding hydrogens is 174 g/mol. The molecule has 1 saturated carbocycles. The molecule has 0 saturated heterocycles. The quantitative estimate of drug-likeness (QED) is 0.617. The zero-order chi connectivity index (χ0) is 10.2. The van der Waals surface area contributed by atoms with Crippen LogP contribution in [0.4, 0.5) is 0 Å². The lowest BCUT2D eigenvalue weighted by Gasteiger charge is -2.09. The van der Waals surface area contributed by atoms with Crippen LogP contribution in [0.1, 0.15) is 51.9 Å². The standard InChI is InChI=1S/C12H25NO/c1-11(14)8-10-13-9-4-7-12-5-2-3-6-12/h11-14H,2-10H2,1H3. The summed E-state index contributed by atoms with van der Waals surface area (Å²) in [5.41, 5.74) is 0. The van der Waals surface area contributed by atoms with E-state index >= 15 is 0 Å². The molecule has 1 atom stereocenters.